The second kappa shape index (κ2) is 11.7. The number of nitrogens with zero attached hydrogens (tertiary/aromatic N) is 5. The summed E-state index contributed by atoms with van der Waals surface area (Å²) in [6.07, 6.45) is 5.91. The number of para-hydroxylation sites is 1. The van der Waals surface area contributed by atoms with Crippen molar-refractivity contribution < 1.29 is 14.3 Å². The van der Waals surface area contributed by atoms with Crippen molar-refractivity contribution in [3.05, 3.63) is 78.5 Å². The van der Waals surface area contributed by atoms with Crippen LogP contribution in [0.15, 0.2) is 72.9 Å². The lowest BCUT2D eigenvalue weighted by atomic mass is 10.2. The first kappa shape index (κ1) is 25.8. The molecule has 0 radical (unpaired) electrons. The Morgan fingerprint density at radius 3 is 2.82 bits per heavy atom. The van der Waals surface area contributed by atoms with Gasteiger partial charge in [0.1, 0.15) is 34.5 Å². The smallest absolute Gasteiger partial charge is 0.246 e. The molecule has 10 nitrogen and oxygen atoms in total. The number of carbonyl (C=O) groups is 1. The molecule has 1 aliphatic heterocycles. The summed E-state index contributed by atoms with van der Waals surface area (Å²) in [4.78, 5) is 20.7. The van der Waals surface area contributed by atoms with Gasteiger partial charge in [-0.2, -0.15) is 10.4 Å². The van der Waals surface area contributed by atoms with Crippen LogP contribution >= 0.6 is 0 Å². The van der Waals surface area contributed by atoms with Gasteiger partial charge in [0.25, 0.3) is 0 Å². The number of nitriles is 1. The highest BCUT2D eigenvalue weighted by molar-refractivity contribution is 5.93. The maximum absolute atomic E-state index is 12.5. The molecule has 1 unspecified atom stereocenters. The molecule has 1 atom stereocenters. The van der Waals surface area contributed by atoms with Gasteiger partial charge in [0.2, 0.25) is 5.91 Å². The van der Waals surface area contributed by atoms with Gasteiger partial charge in [-0.15, -0.1) is 0 Å². The minimum atomic E-state index is 0.00227. The Balaban J connectivity index is 1.31. The van der Waals surface area contributed by atoms with Crippen molar-refractivity contribution in [2.45, 2.75) is 12.5 Å². The number of hydrogen-bond acceptors (Lipinski definition) is 8. The number of anilines is 1. The van der Waals surface area contributed by atoms with Crippen LogP contribution in [0.2, 0.25) is 0 Å². The van der Waals surface area contributed by atoms with Crippen LogP contribution in [-0.2, 0) is 4.79 Å². The quantitative estimate of drug-likeness (QED) is 0.307. The standard InChI is InChI=1S/C29H29N7O3/c1-35(2)15-6-9-26(37)36-16-13-21(19-36)32-29-27-25(12-14-31-28(27)33-34-29)39-24-11-10-23(17-20(24)18-30)38-22-7-4-3-5-8-22/h3-12,14,17,21H,13,15-16,19H2,1-2H3,(H2,31,32,33,34). The van der Waals surface area contributed by atoms with E-state index in [1.807, 2.05) is 60.3 Å². The summed E-state index contributed by atoms with van der Waals surface area (Å²) in [5.41, 5.74) is 0.883. The van der Waals surface area contributed by atoms with E-state index >= 15 is 0 Å². The predicted octanol–water partition coefficient (Wildman–Crippen LogP) is 4.54. The fourth-order valence-electron chi connectivity index (χ4n) is 4.35. The van der Waals surface area contributed by atoms with Crippen LogP contribution in [0.1, 0.15) is 12.0 Å². The lowest BCUT2D eigenvalue weighted by Gasteiger charge is -2.16. The third kappa shape index (κ3) is 6.17. The second-order valence-corrected chi connectivity index (χ2v) is 9.47. The molecule has 2 aromatic carbocycles. The Morgan fingerprint density at radius 1 is 1.18 bits per heavy atom. The number of fused-ring (bicyclic) bond motifs is 1. The van der Waals surface area contributed by atoms with E-state index in [0.29, 0.717) is 65.0 Å². The summed E-state index contributed by atoms with van der Waals surface area (Å²) in [6, 6.07) is 18.4. The van der Waals surface area contributed by atoms with Gasteiger partial charge in [-0.25, -0.2) is 4.98 Å². The van der Waals surface area contributed by atoms with Crippen LogP contribution in [0.25, 0.3) is 11.0 Å². The van der Waals surface area contributed by atoms with Gasteiger partial charge in [0.15, 0.2) is 11.5 Å². The van der Waals surface area contributed by atoms with Crippen molar-refractivity contribution in [2.24, 2.45) is 0 Å². The molecule has 1 fully saturated rings. The summed E-state index contributed by atoms with van der Waals surface area (Å²) in [5, 5.41) is 21.3. The van der Waals surface area contributed by atoms with Crippen molar-refractivity contribution in [1.82, 2.24) is 25.0 Å². The molecule has 5 rings (SSSR count). The average Bonchev–Trinajstić information content (AvgIpc) is 3.58. The maximum atomic E-state index is 12.5. The van der Waals surface area contributed by atoms with E-state index in [-0.39, 0.29) is 11.9 Å². The van der Waals surface area contributed by atoms with Crippen molar-refractivity contribution in [1.29, 1.82) is 5.26 Å². The molecule has 0 saturated carbocycles. The van der Waals surface area contributed by atoms with Gasteiger partial charge in [0, 0.05) is 50.1 Å². The molecule has 1 amide bonds. The van der Waals surface area contributed by atoms with Gasteiger partial charge in [-0.1, -0.05) is 24.3 Å². The number of aromatic nitrogens is 3. The maximum Gasteiger partial charge on any atom is 0.246 e. The van der Waals surface area contributed by atoms with Crippen LogP contribution in [0.5, 0.6) is 23.0 Å². The Labute approximate surface area is 226 Å². The number of likely N-dealkylation sites (tertiary alicyclic amines) is 1. The molecule has 0 aliphatic carbocycles. The zero-order valence-corrected chi connectivity index (χ0v) is 21.8. The number of hydrogen-bond donors (Lipinski definition) is 2. The van der Waals surface area contributed by atoms with Gasteiger partial charge >= 0.3 is 0 Å². The third-order valence-electron chi connectivity index (χ3n) is 6.27. The van der Waals surface area contributed by atoms with Crippen molar-refractivity contribution in [2.75, 3.05) is 39.0 Å². The van der Waals surface area contributed by atoms with Crippen LogP contribution in [0.3, 0.4) is 0 Å². The van der Waals surface area contributed by atoms with E-state index in [0.717, 1.165) is 6.42 Å². The van der Waals surface area contributed by atoms with Gasteiger partial charge in [-0.05, 0) is 44.8 Å². The molecular formula is C29H29N7O3. The summed E-state index contributed by atoms with van der Waals surface area (Å²) in [7, 11) is 3.92. The molecule has 2 N–H and O–H groups in total. The first-order valence-electron chi connectivity index (χ1n) is 12.6. The van der Waals surface area contributed by atoms with Gasteiger partial charge < -0.3 is 24.6 Å². The summed E-state index contributed by atoms with van der Waals surface area (Å²) >= 11 is 0. The highest BCUT2D eigenvalue weighted by Gasteiger charge is 2.27. The highest BCUT2D eigenvalue weighted by Crippen LogP contribution is 2.36. The number of ether oxygens (including phenoxy) is 2. The average molecular weight is 524 g/mol. The predicted molar refractivity (Wildman–Crippen MR) is 148 cm³/mol. The number of rotatable bonds is 9. The number of H-pyrrole nitrogens is 1. The Morgan fingerprint density at radius 2 is 2.03 bits per heavy atom. The molecule has 3 heterocycles. The molecule has 4 aromatic rings. The number of likely N-dealkylation sites (N-methyl/N-ethyl adjacent to an activating group) is 1. The Bertz CT molecular complexity index is 1530. The van der Waals surface area contributed by atoms with E-state index in [4.69, 9.17) is 9.47 Å². The number of pyridine rings is 1. The molecule has 0 bridgehead atoms. The fraction of sp³-hybridized carbons (Fsp3) is 0.241. The van der Waals surface area contributed by atoms with Gasteiger partial charge in [-0.3, -0.25) is 9.89 Å². The molecule has 1 aliphatic rings. The third-order valence-corrected chi connectivity index (χ3v) is 6.27. The fourth-order valence-corrected chi connectivity index (χ4v) is 4.35. The monoisotopic (exact) mass is 523 g/mol. The van der Waals surface area contributed by atoms with Crippen molar-refractivity contribution in [3.8, 4) is 29.1 Å². The van der Waals surface area contributed by atoms with E-state index in [1.165, 1.54) is 0 Å². The lowest BCUT2D eigenvalue weighted by molar-refractivity contribution is -0.125. The van der Waals surface area contributed by atoms with Gasteiger partial charge in [0.05, 0.1) is 5.56 Å². The first-order chi connectivity index (χ1) is 19.0. The Kier molecular flexibility index (Phi) is 7.70. The Hall–Kier alpha value is -4.88. The van der Waals surface area contributed by atoms with Crippen LogP contribution in [0.4, 0.5) is 5.82 Å². The summed E-state index contributed by atoms with van der Waals surface area (Å²) in [6.45, 7) is 1.94. The van der Waals surface area contributed by atoms with Crippen LogP contribution < -0.4 is 14.8 Å². The zero-order chi connectivity index (χ0) is 27.2. The summed E-state index contributed by atoms with van der Waals surface area (Å²) < 4.78 is 12.1. The molecular weight excluding hydrogens is 494 g/mol. The van der Waals surface area contributed by atoms with Crippen LogP contribution in [-0.4, -0.2) is 70.7 Å². The minimum Gasteiger partial charge on any atom is -0.457 e. The lowest BCUT2D eigenvalue weighted by Crippen LogP contribution is -2.30. The highest BCUT2D eigenvalue weighted by atomic mass is 16.5. The topological polar surface area (TPSA) is 119 Å². The molecule has 2 aromatic heterocycles. The molecule has 39 heavy (non-hydrogen) atoms. The van der Waals surface area contributed by atoms with E-state index in [1.54, 1.807) is 36.5 Å². The summed E-state index contributed by atoms with van der Waals surface area (Å²) in [5.74, 6) is 2.69. The van der Waals surface area contributed by atoms with Crippen molar-refractivity contribution >= 4 is 22.8 Å². The van der Waals surface area contributed by atoms with Crippen molar-refractivity contribution in [3.63, 3.8) is 0 Å². The second-order valence-electron chi connectivity index (χ2n) is 9.47. The van der Waals surface area contributed by atoms with E-state index < -0.39 is 0 Å². The van der Waals surface area contributed by atoms with E-state index in [2.05, 4.69) is 26.6 Å². The molecule has 198 valence electrons. The van der Waals surface area contributed by atoms with E-state index in [9.17, 15) is 10.1 Å². The molecule has 1 saturated heterocycles. The number of carbonyl (C=O) groups excluding carboxylic acids is 1. The SMILES string of the molecule is CN(C)CC=CC(=O)N1CCC(Nc2n[nH]c3nccc(Oc4ccc(Oc5ccccc5)cc4C#N)c23)C1. The number of benzene rings is 2. The number of amides is 1. The number of nitrogens with one attached hydrogen (secondary N) is 2. The minimum absolute atomic E-state index is 0.00227. The number of aromatic amines is 1. The largest absolute Gasteiger partial charge is 0.457 e. The molecule has 0 spiro atoms. The molecule has 10 heteroatoms. The zero-order valence-electron chi connectivity index (χ0n) is 21.8. The van der Waals surface area contributed by atoms with Crippen LogP contribution in [0, 0.1) is 11.3 Å². The first-order valence-corrected chi connectivity index (χ1v) is 12.6. The normalized spacial score (nSPS) is 15.1.